The maximum Gasteiger partial charge on any atom is 0.0821 e. The molecule has 0 bridgehead atoms. The Morgan fingerprint density at radius 3 is 2.76 bits per heavy atom. The van der Waals surface area contributed by atoms with Crippen molar-refractivity contribution in [1.82, 2.24) is 19.7 Å². The van der Waals surface area contributed by atoms with Crippen molar-refractivity contribution in [2.75, 3.05) is 0 Å². The lowest BCUT2D eigenvalue weighted by Gasteiger charge is -2.11. The predicted octanol–water partition coefficient (Wildman–Crippen LogP) is 1.77. The fourth-order valence-corrected chi connectivity index (χ4v) is 1.79. The molecule has 2 heterocycles. The molecule has 0 aliphatic rings. The van der Waals surface area contributed by atoms with Crippen LogP contribution in [0.3, 0.4) is 0 Å². The van der Waals surface area contributed by atoms with Gasteiger partial charge in [-0.2, -0.15) is 5.10 Å². The van der Waals surface area contributed by atoms with Gasteiger partial charge >= 0.3 is 0 Å². The van der Waals surface area contributed by atoms with Gasteiger partial charge in [0, 0.05) is 37.7 Å². The van der Waals surface area contributed by atoms with Crippen LogP contribution < -0.4 is 5.32 Å². The zero-order valence-electron chi connectivity index (χ0n) is 10.7. The van der Waals surface area contributed by atoms with Crippen LogP contribution in [-0.4, -0.2) is 20.4 Å². The molecule has 0 saturated carbocycles. The second-order valence-corrected chi connectivity index (χ2v) is 4.64. The Hall–Kier alpha value is -1.55. The van der Waals surface area contributed by atoms with Crippen LogP contribution in [0.2, 0.25) is 0 Å². The van der Waals surface area contributed by atoms with Gasteiger partial charge in [0.05, 0.1) is 12.2 Å². The SMILES string of the molecule is CC(C)NCc1cccn1Cc1ccn(C)n1. The van der Waals surface area contributed by atoms with Crippen molar-refractivity contribution in [3.8, 4) is 0 Å². The Morgan fingerprint density at radius 2 is 2.12 bits per heavy atom. The van der Waals surface area contributed by atoms with E-state index in [1.807, 2.05) is 17.9 Å². The lowest BCUT2D eigenvalue weighted by Crippen LogP contribution is -2.23. The zero-order valence-corrected chi connectivity index (χ0v) is 10.7. The normalized spacial score (nSPS) is 11.3. The summed E-state index contributed by atoms with van der Waals surface area (Å²) in [6, 6.07) is 6.80. The van der Waals surface area contributed by atoms with Crippen molar-refractivity contribution in [1.29, 1.82) is 0 Å². The van der Waals surface area contributed by atoms with Crippen LogP contribution >= 0.6 is 0 Å². The Morgan fingerprint density at radius 1 is 1.29 bits per heavy atom. The van der Waals surface area contributed by atoms with E-state index in [2.05, 4.69) is 53.2 Å². The summed E-state index contributed by atoms with van der Waals surface area (Å²) in [6.07, 6.45) is 4.08. The second kappa shape index (κ2) is 5.19. The van der Waals surface area contributed by atoms with Crippen LogP contribution in [0, 0.1) is 0 Å². The molecule has 1 N–H and O–H groups in total. The number of aromatic nitrogens is 3. The van der Waals surface area contributed by atoms with Crippen LogP contribution in [0.1, 0.15) is 25.2 Å². The van der Waals surface area contributed by atoms with Gasteiger partial charge in [0.15, 0.2) is 0 Å². The fourth-order valence-electron chi connectivity index (χ4n) is 1.79. The van der Waals surface area contributed by atoms with Crippen molar-refractivity contribution >= 4 is 0 Å². The first-order valence-electron chi connectivity index (χ1n) is 6.01. The first-order chi connectivity index (χ1) is 8.15. The standard InChI is InChI=1S/C13H20N4/c1-11(2)14-9-13-5-4-7-17(13)10-12-6-8-16(3)15-12/h4-8,11,14H,9-10H2,1-3H3. The van der Waals surface area contributed by atoms with Gasteiger partial charge in [-0.05, 0) is 18.2 Å². The largest absolute Gasteiger partial charge is 0.344 e. The maximum absolute atomic E-state index is 4.40. The summed E-state index contributed by atoms with van der Waals surface area (Å²) in [6.45, 7) is 6.05. The van der Waals surface area contributed by atoms with E-state index in [0.29, 0.717) is 6.04 Å². The molecule has 2 aromatic heterocycles. The van der Waals surface area contributed by atoms with E-state index in [1.165, 1.54) is 5.69 Å². The third kappa shape index (κ3) is 3.20. The molecule has 0 aliphatic heterocycles. The fraction of sp³-hybridized carbons (Fsp3) is 0.462. The second-order valence-electron chi connectivity index (χ2n) is 4.64. The summed E-state index contributed by atoms with van der Waals surface area (Å²) in [4.78, 5) is 0. The summed E-state index contributed by atoms with van der Waals surface area (Å²) in [7, 11) is 1.94. The van der Waals surface area contributed by atoms with Crippen molar-refractivity contribution in [3.63, 3.8) is 0 Å². The van der Waals surface area contributed by atoms with Crippen LogP contribution in [0.15, 0.2) is 30.6 Å². The molecular formula is C13H20N4. The lowest BCUT2D eigenvalue weighted by atomic mass is 10.3. The van der Waals surface area contributed by atoms with E-state index in [4.69, 9.17) is 0 Å². The Balaban J connectivity index is 2.03. The molecule has 4 nitrogen and oxygen atoms in total. The summed E-state index contributed by atoms with van der Waals surface area (Å²) < 4.78 is 4.07. The number of nitrogens with zero attached hydrogens (tertiary/aromatic N) is 3. The van der Waals surface area contributed by atoms with Gasteiger partial charge in [0.1, 0.15) is 0 Å². The Labute approximate surface area is 102 Å². The molecule has 0 unspecified atom stereocenters. The number of aryl methyl sites for hydroxylation is 1. The topological polar surface area (TPSA) is 34.8 Å². The highest BCUT2D eigenvalue weighted by atomic mass is 15.3. The van der Waals surface area contributed by atoms with Crippen molar-refractivity contribution in [2.45, 2.75) is 33.0 Å². The van der Waals surface area contributed by atoms with Crippen molar-refractivity contribution in [2.24, 2.45) is 7.05 Å². The summed E-state index contributed by atoms with van der Waals surface area (Å²) >= 11 is 0. The molecule has 0 spiro atoms. The Bertz CT molecular complexity index is 467. The van der Waals surface area contributed by atoms with Gasteiger partial charge in [0.2, 0.25) is 0 Å². The Kier molecular flexibility index (Phi) is 3.64. The lowest BCUT2D eigenvalue weighted by molar-refractivity contribution is 0.562. The number of nitrogens with one attached hydrogen (secondary N) is 1. The van der Waals surface area contributed by atoms with Crippen molar-refractivity contribution in [3.05, 3.63) is 42.0 Å². The average Bonchev–Trinajstić information content (AvgIpc) is 2.86. The maximum atomic E-state index is 4.40. The average molecular weight is 232 g/mol. The predicted molar refractivity (Wildman–Crippen MR) is 68.7 cm³/mol. The van der Waals surface area contributed by atoms with Gasteiger partial charge in [0.25, 0.3) is 0 Å². The van der Waals surface area contributed by atoms with Gasteiger partial charge in [-0.25, -0.2) is 0 Å². The quantitative estimate of drug-likeness (QED) is 0.852. The molecule has 0 fully saturated rings. The zero-order chi connectivity index (χ0) is 12.3. The van der Waals surface area contributed by atoms with E-state index in [9.17, 15) is 0 Å². The molecule has 2 rings (SSSR count). The first-order valence-corrected chi connectivity index (χ1v) is 6.01. The smallest absolute Gasteiger partial charge is 0.0821 e. The van der Waals surface area contributed by atoms with E-state index >= 15 is 0 Å². The molecule has 0 radical (unpaired) electrons. The molecule has 92 valence electrons. The molecule has 0 amide bonds. The molecule has 0 atom stereocenters. The number of rotatable bonds is 5. The number of hydrogen-bond acceptors (Lipinski definition) is 2. The molecule has 2 aromatic rings. The summed E-state index contributed by atoms with van der Waals surface area (Å²) in [5.41, 5.74) is 2.39. The van der Waals surface area contributed by atoms with Gasteiger partial charge in [-0.3, -0.25) is 4.68 Å². The monoisotopic (exact) mass is 232 g/mol. The van der Waals surface area contributed by atoms with Crippen LogP contribution in [0.25, 0.3) is 0 Å². The minimum atomic E-state index is 0.508. The van der Waals surface area contributed by atoms with E-state index in [0.717, 1.165) is 18.8 Å². The molecule has 4 heteroatoms. The molecule has 0 aliphatic carbocycles. The minimum Gasteiger partial charge on any atom is -0.344 e. The third-order valence-corrected chi connectivity index (χ3v) is 2.72. The van der Waals surface area contributed by atoms with Crippen LogP contribution in [-0.2, 0) is 20.1 Å². The van der Waals surface area contributed by atoms with Crippen LogP contribution in [0.5, 0.6) is 0 Å². The van der Waals surface area contributed by atoms with Gasteiger partial charge in [-0.1, -0.05) is 13.8 Å². The van der Waals surface area contributed by atoms with Gasteiger partial charge in [-0.15, -0.1) is 0 Å². The summed E-state index contributed by atoms with van der Waals surface area (Å²) in [5.74, 6) is 0. The highest BCUT2D eigenvalue weighted by Gasteiger charge is 2.04. The van der Waals surface area contributed by atoms with E-state index in [-0.39, 0.29) is 0 Å². The summed E-state index contributed by atoms with van der Waals surface area (Å²) in [5, 5.41) is 7.83. The highest BCUT2D eigenvalue weighted by molar-refractivity contribution is 5.10. The van der Waals surface area contributed by atoms with Crippen molar-refractivity contribution < 1.29 is 0 Å². The van der Waals surface area contributed by atoms with Gasteiger partial charge < -0.3 is 9.88 Å². The minimum absolute atomic E-state index is 0.508. The highest BCUT2D eigenvalue weighted by Crippen LogP contribution is 2.06. The molecule has 0 saturated heterocycles. The third-order valence-electron chi connectivity index (χ3n) is 2.72. The van der Waals surface area contributed by atoms with Crippen LogP contribution in [0.4, 0.5) is 0 Å². The molecule has 17 heavy (non-hydrogen) atoms. The number of hydrogen-bond donors (Lipinski definition) is 1. The molecular weight excluding hydrogens is 212 g/mol. The van der Waals surface area contributed by atoms with E-state index in [1.54, 1.807) is 0 Å². The first kappa shape index (κ1) is 11.9. The van der Waals surface area contributed by atoms with E-state index < -0.39 is 0 Å². The molecule has 0 aromatic carbocycles.